The van der Waals surface area contributed by atoms with E-state index in [-0.39, 0.29) is 5.91 Å². The van der Waals surface area contributed by atoms with Crippen LogP contribution in [0.1, 0.15) is 23.6 Å². The molecule has 1 aliphatic rings. The van der Waals surface area contributed by atoms with Crippen molar-refractivity contribution in [2.45, 2.75) is 20.5 Å². The van der Waals surface area contributed by atoms with Gasteiger partial charge in [0.25, 0.3) is 5.91 Å². The Morgan fingerprint density at radius 3 is 2.69 bits per heavy atom. The average Bonchev–Trinajstić information content (AvgIpc) is 2.95. The van der Waals surface area contributed by atoms with Crippen LogP contribution in [-0.4, -0.2) is 36.7 Å². The van der Waals surface area contributed by atoms with E-state index >= 15 is 0 Å². The number of aryl methyl sites for hydroxylation is 1. The Kier molecular flexibility index (Phi) is 7.23. The molecule has 29 heavy (non-hydrogen) atoms. The minimum Gasteiger partial charge on any atom is -0.490 e. The molecule has 0 aliphatic carbocycles. The molecule has 1 heterocycles. The van der Waals surface area contributed by atoms with E-state index in [1.807, 2.05) is 37.3 Å². The van der Waals surface area contributed by atoms with Crippen LogP contribution in [0, 0.1) is 10.5 Å². The SMILES string of the molecule is CCOc1cc(/C=C2/SC(=NC)N(C)C2=O)cc(I)c1OCc1cccc(C)c1. The van der Waals surface area contributed by atoms with Crippen molar-refractivity contribution in [2.24, 2.45) is 4.99 Å². The van der Waals surface area contributed by atoms with Crippen LogP contribution >= 0.6 is 34.4 Å². The largest absolute Gasteiger partial charge is 0.490 e. The average molecular weight is 522 g/mol. The summed E-state index contributed by atoms with van der Waals surface area (Å²) in [7, 11) is 3.42. The van der Waals surface area contributed by atoms with Gasteiger partial charge in [-0.2, -0.15) is 0 Å². The number of rotatable bonds is 6. The van der Waals surface area contributed by atoms with Gasteiger partial charge in [-0.25, -0.2) is 0 Å². The minimum absolute atomic E-state index is 0.0525. The van der Waals surface area contributed by atoms with Crippen LogP contribution in [0.2, 0.25) is 0 Å². The number of carbonyl (C=O) groups excluding carboxylic acids is 1. The molecule has 152 valence electrons. The summed E-state index contributed by atoms with van der Waals surface area (Å²) in [6, 6.07) is 12.2. The Morgan fingerprint density at radius 1 is 1.24 bits per heavy atom. The van der Waals surface area contributed by atoms with Gasteiger partial charge in [-0.3, -0.25) is 14.7 Å². The van der Waals surface area contributed by atoms with Gasteiger partial charge in [-0.05, 0) is 77.5 Å². The summed E-state index contributed by atoms with van der Waals surface area (Å²) < 4.78 is 12.9. The number of ether oxygens (including phenoxy) is 2. The smallest absolute Gasteiger partial charge is 0.266 e. The number of halogens is 1. The lowest BCUT2D eigenvalue weighted by Crippen LogP contribution is -2.23. The highest BCUT2D eigenvalue weighted by atomic mass is 127. The topological polar surface area (TPSA) is 51.1 Å². The second kappa shape index (κ2) is 9.67. The number of hydrogen-bond donors (Lipinski definition) is 0. The van der Waals surface area contributed by atoms with Crippen molar-refractivity contribution in [1.29, 1.82) is 0 Å². The molecule has 2 aromatic carbocycles. The lowest BCUT2D eigenvalue weighted by atomic mass is 10.1. The van der Waals surface area contributed by atoms with Crippen molar-refractivity contribution < 1.29 is 14.3 Å². The summed E-state index contributed by atoms with van der Waals surface area (Å²) in [5.41, 5.74) is 3.20. The van der Waals surface area contributed by atoms with Crippen LogP contribution in [0.15, 0.2) is 46.3 Å². The highest BCUT2D eigenvalue weighted by Gasteiger charge is 2.29. The second-order valence-electron chi connectivity index (χ2n) is 6.52. The Hall–Kier alpha value is -2.00. The fourth-order valence-electron chi connectivity index (χ4n) is 2.93. The first kappa shape index (κ1) is 21.7. The molecular weight excluding hydrogens is 499 g/mol. The monoisotopic (exact) mass is 522 g/mol. The number of amidine groups is 1. The van der Waals surface area contributed by atoms with Crippen molar-refractivity contribution in [3.63, 3.8) is 0 Å². The number of benzene rings is 2. The van der Waals surface area contributed by atoms with E-state index in [9.17, 15) is 4.79 Å². The zero-order valence-electron chi connectivity index (χ0n) is 16.9. The molecule has 0 atom stereocenters. The van der Waals surface area contributed by atoms with Gasteiger partial charge in [0.1, 0.15) is 6.61 Å². The maximum Gasteiger partial charge on any atom is 0.266 e. The molecule has 0 saturated carbocycles. The van der Waals surface area contributed by atoms with Gasteiger partial charge in [0, 0.05) is 14.1 Å². The van der Waals surface area contributed by atoms with Crippen LogP contribution in [0.5, 0.6) is 11.5 Å². The molecule has 0 radical (unpaired) electrons. The van der Waals surface area contributed by atoms with Gasteiger partial charge in [0.2, 0.25) is 0 Å². The first-order chi connectivity index (χ1) is 13.9. The summed E-state index contributed by atoms with van der Waals surface area (Å²) in [5, 5.41) is 0.694. The molecule has 0 N–H and O–H groups in total. The van der Waals surface area contributed by atoms with Crippen molar-refractivity contribution in [2.75, 3.05) is 20.7 Å². The van der Waals surface area contributed by atoms with Crippen molar-refractivity contribution in [3.05, 3.63) is 61.6 Å². The van der Waals surface area contributed by atoms with E-state index < -0.39 is 0 Å². The molecular formula is C22H23IN2O3S. The van der Waals surface area contributed by atoms with E-state index in [0.717, 1.165) is 20.4 Å². The summed E-state index contributed by atoms with van der Waals surface area (Å²) in [6.07, 6.45) is 1.87. The third kappa shape index (κ3) is 5.14. The first-order valence-corrected chi connectivity index (χ1v) is 11.1. The number of hydrogen-bond acceptors (Lipinski definition) is 5. The summed E-state index contributed by atoms with van der Waals surface area (Å²) in [6.45, 7) is 5.00. The Bertz CT molecular complexity index is 988. The fourth-order valence-corrected chi connectivity index (χ4v) is 4.64. The summed E-state index contributed by atoms with van der Waals surface area (Å²) in [4.78, 5) is 18.8. The standard InChI is InChI=1S/C22H23IN2O3S/c1-5-27-18-11-16(12-19-21(26)25(4)22(24-3)29-19)10-17(23)20(18)28-13-15-8-6-7-14(2)9-15/h6-12H,5,13H2,1-4H3/b19-12+,24-22?. The minimum atomic E-state index is -0.0525. The Balaban J connectivity index is 1.88. The molecule has 0 aromatic heterocycles. The maximum atomic E-state index is 12.4. The zero-order chi connectivity index (χ0) is 21.0. The number of amides is 1. The zero-order valence-corrected chi connectivity index (χ0v) is 19.8. The van der Waals surface area contributed by atoms with Gasteiger partial charge >= 0.3 is 0 Å². The highest BCUT2D eigenvalue weighted by Crippen LogP contribution is 2.37. The van der Waals surface area contributed by atoms with Crippen LogP contribution in [0.25, 0.3) is 6.08 Å². The molecule has 0 unspecified atom stereocenters. The Labute approximate surface area is 189 Å². The molecule has 1 aliphatic heterocycles. The number of likely N-dealkylation sites (N-methyl/N-ethyl adjacent to an activating group) is 1. The van der Waals surface area contributed by atoms with Gasteiger partial charge < -0.3 is 9.47 Å². The lowest BCUT2D eigenvalue weighted by molar-refractivity contribution is -0.121. The first-order valence-electron chi connectivity index (χ1n) is 9.22. The molecule has 5 nitrogen and oxygen atoms in total. The Morgan fingerprint density at radius 2 is 2.03 bits per heavy atom. The second-order valence-corrected chi connectivity index (χ2v) is 8.69. The number of thioether (sulfide) groups is 1. The molecule has 2 aromatic rings. The molecule has 1 saturated heterocycles. The van der Waals surface area contributed by atoms with Gasteiger partial charge in [0.05, 0.1) is 15.1 Å². The van der Waals surface area contributed by atoms with Crippen LogP contribution in [0.4, 0.5) is 0 Å². The lowest BCUT2D eigenvalue weighted by Gasteiger charge is -2.15. The third-order valence-corrected chi connectivity index (χ3v) is 6.24. The van der Waals surface area contributed by atoms with Gasteiger partial charge in [0.15, 0.2) is 16.7 Å². The van der Waals surface area contributed by atoms with E-state index in [4.69, 9.17) is 9.47 Å². The molecule has 1 fully saturated rings. The number of aliphatic imine (C=N–C) groups is 1. The van der Waals surface area contributed by atoms with E-state index in [2.05, 4.69) is 46.6 Å². The summed E-state index contributed by atoms with van der Waals surface area (Å²) >= 11 is 3.62. The number of nitrogens with zero attached hydrogens (tertiary/aromatic N) is 2. The molecule has 7 heteroatoms. The molecule has 0 spiro atoms. The normalized spacial score (nSPS) is 16.7. The van der Waals surface area contributed by atoms with Crippen molar-refractivity contribution in [1.82, 2.24) is 4.90 Å². The molecule has 3 rings (SSSR count). The fraction of sp³-hybridized carbons (Fsp3) is 0.273. The quantitative estimate of drug-likeness (QED) is 0.391. The summed E-state index contributed by atoms with van der Waals surface area (Å²) in [5.74, 6) is 1.34. The van der Waals surface area contributed by atoms with E-state index in [0.29, 0.717) is 29.0 Å². The highest BCUT2D eigenvalue weighted by molar-refractivity contribution is 14.1. The maximum absolute atomic E-state index is 12.4. The van der Waals surface area contributed by atoms with Crippen LogP contribution < -0.4 is 9.47 Å². The van der Waals surface area contributed by atoms with E-state index in [1.54, 1.807) is 19.0 Å². The molecule has 1 amide bonds. The van der Waals surface area contributed by atoms with Gasteiger partial charge in [-0.1, -0.05) is 29.8 Å². The van der Waals surface area contributed by atoms with Crippen molar-refractivity contribution in [3.8, 4) is 11.5 Å². The van der Waals surface area contributed by atoms with Crippen molar-refractivity contribution >= 4 is 51.5 Å². The molecule has 0 bridgehead atoms. The third-order valence-electron chi connectivity index (χ3n) is 4.29. The van der Waals surface area contributed by atoms with Crippen LogP contribution in [0.3, 0.4) is 0 Å². The van der Waals surface area contributed by atoms with Gasteiger partial charge in [-0.15, -0.1) is 0 Å². The van der Waals surface area contributed by atoms with Crippen LogP contribution in [-0.2, 0) is 11.4 Å². The predicted molar refractivity (Wildman–Crippen MR) is 128 cm³/mol. The van der Waals surface area contributed by atoms with E-state index in [1.165, 1.54) is 17.3 Å². The predicted octanol–water partition coefficient (Wildman–Crippen LogP) is 5.11. The number of carbonyl (C=O) groups is 1.